The van der Waals surface area contributed by atoms with E-state index in [1.165, 1.54) is 22.4 Å². The molecule has 0 bridgehead atoms. The maximum Gasteiger partial charge on any atom is 0.259 e. The lowest BCUT2D eigenvalue weighted by Crippen LogP contribution is -2.19. The van der Waals surface area contributed by atoms with Gasteiger partial charge in [0.25, 0.3) is 5.56 Å². The van der Waals surface area contributed by atoms with E-state index in [2.05, 4.69) is 20.9 Å². The fourth-order valence-corrected chi connectivity index (χ4v) is 5.68. The number of thiophene rings is 1. The molecule has 4 aromatic rings. The molecule has 1 aliphatic rings. The number of aryl methyl sites for hydroxylation is 3. The Bertz CT molecular complexity index is 1370. The number of hydrogen-bond donors (Lipinski definition) is 4. The van der Waals surface area contributed by atoms with Crippen molar-refractivity contribution < 1.29 is 0 Å². The molecule has 0 aliphatic heterocycles. The Morgan fingerprint density at radius 2 is 1.82 bits per heavy atom. The van der Waals surface area contributed by atoms with Crippen LogP contribution in [0.15, 0.2) is 53.3 Å². The minimum atomic E-state index is -0.0228. The molecule has 0 spiro atoms. The summed E-state index contributed by atoms with van der Waals surface area (Å²) in [6.07, 6.45) is 4.40. The fraction of sp³-hybridized carbons (Fsp3) is 0.240. The monoisotopic (exact) mass is 475 g/mol. The largest absolute Gasteiger partial charge is 0.378 e. The lowest BCUT2D eigenvalue weighted by atomic mass is 9.97. The first-order valence-corrected chi connectivity index (χ1v) is 12.3. The number of anilines is 3. The predicted molar refractivity (Wildman–Crippen MR) is 142 cm³/mol. The van der Waals surface area contributed by atoms with Crippen LogP contribution in [0.5, 0.6) is 0 Å². The maximum absolute atomic E-state index is 12.7. The molecule has 0 fully saturated rings. The summed E-state index contributed by atoms with van der Waals surface area (Å²) in [4.78, 5) is 22.6. The van der Waals surface area contributed by atoms with E-state index < -0.39 is 0 Å². The van der Waals surface area contributed by atoms with Gasteiger partial charge in [-0.15, -0.1) is 11.3 Å². The number of aromatic nitrogens is 2. The predicted octanol–water partition coefficient (Wildman–Crippen LogP) is 5.59. The summed E-state index contributed by atoms with van der Waals surface area (Å²) < 4.78 is 0. The van der Waals surface area contributed by atoms with E-state index in [-0.39, 0.29) is 5.56 Å². The van der Waals surface area contributed by atoms with Gasteiger partial charge in [-0.2, -0.15) is 0 Å². The van der Waals surface area contributed by atoms with E-state index in [0.717, 1.165) is 46.5 Å². The third-order valence-corrected chi connectivity index (χ3v) is 7.14. The van der Waals surface area contributed by atoms with Crippen LogP contribution in [0, 0.1) is 6.92 Å². The van der Waals surface area contributed by atoms with Crippen molar-refractivity contribution in [2.24, 2.45) is 0 Å². The van der Waals surface area contributed by atoms with E-state index >= 15 is 0 Å². The van der Waals surface area contributed by atoms with Crippen molar-refractivity contribution >= 4 is 55.9 Å². The number of H-pyrrole nitrogens is 1. The number of rotatable bonds is 5. The molecule has 168 valence electrons. The van der Waals surface area contributed by atoms with E-state index in [9.17, 15) is 4.79 Å². The lowest BCUT2D eigenvalue weighted by Gasteiger charge is -2.12. The molecule has 33 heavy (non-hydrogen) atoms. The zero-order valence-corrected chi connectivity index (χ0v) is 20.0. The Kier molecular flexibility index (Phi) is 6.11. The molecule has 1 aliphatic carbocycles. The van der Waals surface area contributed by atoms with Gasteiger partial charge in [0, 0.05) is 21.9 Å². The van der Waals surface area contributed by atoms with Gasteiger partial charge in [0.05, 0.1) is 11.9 Å². The zero-order chi connectivity index (χ0) is 22.8. The van der Waals surface area contributed by atoms with E-state index in [1.807, 2.05) is 55.5 Å². The molecule has 4 N–H and O–H groups in total. The Hall–Kier alpha value is -3.23. The second-order valence-electron chi connectivity index (χ2n) is 8.28. The molecule has 6 nitrogen and oxygen atoms in total. The molecular formula is C25H25N5OS2. The van der Waals surface area contributed by atoms with E-state index in [0.29, 0.717) is 17.5 Å². The van der Waals surface area contributed by atoms with Crippen LogP contribution in [-0.4, -0.2) is 15.1 Å². The lowest BCUT2D eigenvalue weighted by molar-refractivity contribution is 0.700. The first-order valence-electron chi connectivity index (χ1n) is 11.1. The van der Waals surface area contributed by atoms with Crippen LogP contribution in [0.1, 0.15) is 34.7 Å². The average molecular weight is 476 g/mol. The fourth-order valence-electron chi connectivity index (χ4n) is 4.17. The van der Waals surface area contributed by atoms with Crippen LogP contribution in [0.3, 0.4) is 0 Å². The van der Waals surface area contributed by atoms with Gasteiger partial charge in [-0.25, -0.2) is 4.98 Å². The molecule has 2 aromatic carbocycles. The minimum absolute atomic E-state index is 0.0228. The van der Waals surface area contributed by atoms with Crippen LogP contribution in [-0.2, 0) is 19.4 Å². The minimum Gasteiger partial charge on any atom is -0.378 e. The summed E-state index contributed by atoms with van der Waals surface area (Å²) in [5.74, 6) is 0.650. The van der Waals surface area contributed by atoms with Gasteiger partial charge in [-0.1, -0.05) is 12.1 Å². The van der Waals surface area contributed by atoms with Crippen molar-refractivity contribution in [2.45, 2.75) is 39.2 Å². The zero-order valence-electron chi connectivity index (χ0n) is 18.3. The van der Waals surface area contributed by atoms with Crippen LogP contribution in [0.25, 0.3) is 10.2 Å². The van der Waals surface area contributed by atoms with Crippen molar-refractivity contribution in [3.63, 3.8) is 0 Å². The number of thiocarbonyl (C=S) groups is 1. The number of fused-ring (bicyclic) bond motifs is 3. The average Bonchev–Trinajstić information content (AvgIpc) is 3.17. The molecule has 2 aromatic heterocycles. The molecule has 0 amide bonds. The molecule has 0 unspecified atom stereocenters. The SMILES string of the molecule is Cc1cccc(NC(=S)Nc2ccc(NCc3nc4sc5c(c4c(=O)[nH]3)CCCC5)cc2)c1. The first-order chi connectivity index (χ1) is 16.0. The normalized spacial score (nSPS) is 12.9. The summed E-state index contributed by atoms with van der Waals surface area (Å²) in [5.41, 5.74) is 5.15. The Morgan fingerprint density at radius 3 is 2.64 bits per heavy atom. The van der Waals surface area contributed by atoms with Gasteiger partial charge in [0.2, 0.25) is 0 Å². The van der Waals surface area contributed by atoms with Crippen molar-refractivity contribution in [3.8, 4) is 0 Å². The molecule has 0 atom stereocenters. The molecule has 8 heteroatoms. The molecule has 0 saturated heterocycles. The number of benzene rings is 2. The number of nitrogens with one attached hydrogen (secondary N) is 4. The summed E-state index contributed by atoms with van der Waals surface area (Å²) in [7, 11) is 0. The quantitative estimate of drug-likeness (QED) is 0.282. The molecule has 0 saturated carbocycles. The Labute approximate surface area is 201 Å². The highest BCUT2D eigenvalue weighted by Gasteiger charge is 2.19. The standard InChI is InChI=1S/C25H25N5OS2/c1-15-5-4-6-18(13-15)28-25(32)27-17-11-9-16(10-12-17)26-14-21-29-23(31)22-19-7-2-3-8-20(19)33-24(22)30-21/h4-6,9-13,26H,2-3,7-8,14H2,1H3,(H2,27,28,32)(H,29,30,31). The van der Waals surface area contributed by atoms with Gasteiger partial charge >= 0.3 is 0 Å². The third-order valence-electron chi connectivity index (χ3n) is 5.75. The van der Waals surface area contributed by atoms with E-state index in [1.54, 1.807) is 11.3 Å². The van der Waals surface area contributed by atoms with Crippen molar-refractivity contribution in [2.75, 3.05) is 16.0 Å². The topological polar surface area (TPSA) is 81.8 Å². The molecule has 0 radical (unpaired) electrons. The number of nitrogens with zero attached hydrogens (tertiary/aromatic N) is 1. The van der Waals surface area contributed by atoms with Gasteiger partial charge in [-0.3, -0.25) is 4.79 Å². The smallest absolute Gasteiger partial charge is 0.259 e. The van der Waals surface area contributed by atoms with Gasteiger partial charge < -0.3 is 20.9 Å². The number of aromatic amines is 1. The van der Waals surface area contributed by atoms with Crippen LogP contribution in [0.2, 0.25) is 0 Å². The summed E-state index contributed by atoms with van der Waals surface area (Å²) in [5, 5.41) is 11.1. The molecule has 2 heterocycles. The van der Waals surface area contributed by atoms with Crippen LogP contribution in [0.4, 0.5) is 17.1 Å². The van der Waals surface area contributed by atoms with Gasteiger partial charge in [0.1, 0.15) is 10.7 Å². The molecule has 5 rings (SSSR count). The molecular weight excluding hydrogens is 450 g/mol. The first kappa shape index (κ1) is 21.6. The van der Waals surface area contributed by atoms with Crippen molar-refractivity contribution in [3.05, 3.63) is 80.7 Å². The van der Waals surface area contributed by atoms with Crippen LogP contribution < -0.4 is 21.5 Å². The summed E-state index contributed by atoms with van der Waals surface area (Å²) in [6, 6.07) is 15.9. The van der Waals surface area contributed by atoms with Crippen molar-refractivity contribution in [1.29, 1.82) is 0 Å². The van der Waals surface area contributed by atoms with E-state index in [4.69, 9.17) is 17.2 Å². The maximum atomic E-state index is 12.7. The number of hydrogen-bond acceptors (Lipinski definition) is 5. The summed E-state index contributed by atoms with van der Waals surface area (Å²) in [6.45, 7) is 2.50. The second kappa shape index (κ2) is 9.33. The highest BCUT2D eigenvalue weighted by molar-refractivity contribution is 7.80. The Balaban J connectivity index is 1.21. The van der Waals surface area contributed by atoms with Gasteiger partial charge in [-0.05, 0) is 92.4 Å². The van der Waals surface area contributed by atoms with Gasteiger partial charge in [0.15, 0.2) is 5.11 Å². The van der Waals surface area contributed by atoms with Crippen LogP contribution >= 0.6 is 23.6 Å². The Morgan fingerprint density at radius 1 is 1.06 bits per heavy atom. The summed E-state index contributed by atoms with van der Waals surface area (Å²) >= 11 is 7.09. The highest BCUT2D eigenvalue weighted by Crippen LogP contribution is 2.33. The highest BCUT2D eigenvalue weighted by atomic mass is 32.1. The van der Waals surface area contributed by atoms with Crippen molar-refractivity contribution in [1.82, 2.24) is 9.97 Å². The second-order valence-corrected chi connectivity index (χ2v) is 9.78. The third kappa shape index (κ3) is 4.91.